The SMILES string of the molecule is C#CC1CC(C(=O)NC(CC2CCC(O)CC2)C(O)CN(C)NC(=O)C(C)C)CC(C(=O)N(CCC)CCC)C1. The van der Waals surface area contributed by atoms with Crippen molar-refractivity contribution in [2.75, 3.05) is 26.7 Å². The van der Waals surface area contributed by atoms with Crippen molar-refractivity contribution < 1.29 is 24.6 Å². The number of amides is 3. The van der Waals surface area contributed by atoms with Crippen LogP contribution in [0.3, 0.4) is 0 Å². The molecule has 0 aliphatic heterocycles. The summed E-state index contributed by atoms with van der Waals surface area (Å²) in [7, 11) is 1.70. The Balaban J connectivity index is 2.15. The lowest BCUT2D eigenvalue weighted by Gasteiger charge is -2.37. The maximum Gasteiger partial charge on any atom is 0.236 e. The summed E-state index contributed by atoms with van der Waals surface area (Å²) in [6.45, 7) is 9.27. The molecule has 2 saturated carbocycles. The van der Waals surface area contributed by atoms with Crippen molar-refractivity contribution in [1.82, 2.24) is 20.7 Å². The van der Waals surface area contributed by atoms with E-state index in [0.717, 1.165) is 25.7 Å². The molecule has 228 valence electrons. The van der Waals surface area contributed by atoms with Gasteiger partial charge in [0.25, 0.3) is 0 Å². The molecule has 4 N–H and O–H groups in total. The van der Waals surface area contributed by atoms with Crippen LogP contribution in [0.25, 0.3) is 0 Å². The Bertz CT molecular complexity index is 845. The summed E-state index contributed by atoms with van der Waals surface area (Å²) >= 11 is 0. The average Bonchev–Trinajstić information content (AvgIpc) is 2.92. The summed E-state index contributed by atoms with van der Waals surface area (Å²) in [5, 5.41) is 25.9. The van der Waals surface area contributed by atoms with Gasteiger partial charge in [-0.2, -0.15) is 0 Å². The predicted octanol–water partition coefficient (Wildman–Crippen LogP) is 2.71. The second kappa shape index (κ2) is 17.0. The molecule has 5 unspecified atom stereocenters. The van der Waals surface area contributed by atoms with Gasteiger partial charge in [-0.3, -0.25) is 19.8 Å². The molecular weight excluding hydrogens is 508 g/mol. The molecule has 0 saturated heterocycles. The number of nitrogens with one attached hydrogen (secondary N) is 2. The number of terminal acetylenes is 1. The molecule has 9 nitrogen and oxygen atoms in total. The first-order chi connectivity index (χ1) is 19.0. The van der Waals surface area contributed by atoms with Gasteiger partial charge >= 0.3 is 0 Å². The molecule has 0 bridgehead atoms. The Kier molecular flexibility index (Phi) is 14.4. The third-order valence-electron chi connectivity index (χ3n) is 8.44. The molecule has 0 spiro atoms. The third-order valence-corrected chi connectivity index (χ3v) is 8.44. The average molecular weight is 563 g/mol. The highest BCUT2D eigenvalue weighted by molar-refractivity contribution is 5.83. The summed E-state index contributed by atoms with van der Waals surface area (Å²) in [4.78, 5) is 41.1. The van der Waals surface area contributed by atoms with E-state index in [1.807, 2.05) is 4.90 Å². The zero-order valence-electron chi connectivity index (χ0n) is 25.4. The molecule has 2 aliphatic carbocycles. The number of hydrazine groups is 1. The predicted molar refractivity (Wildman–Crippen MR) is 156 cm³/mol. The number of hydrogen-bond donors (Lipinski definition) is 4. The molecule has 0 aromatic heterocycles. The van der Waals surface area contributed by atoms with E-state index >= 15 is 0 Å². The van der Waals surface area contributed by atoms with E-state index in [1.165, 1.54) is 0 Å². The summed E-state index contributed by atoms with van der Waals surface area (Å²) in [6, 6.07) is -0.525. The van der Waals surface area contributed by atoms with E-state index in [9.17, 15) is 24.6 Å². The van der Waals surface area contributed by atoms with Gasteiger partial charge in [-0.25, -0.2) is 5.01 Å². The lowest BCUT2D eigenvalue weighted by molar-refractivity contribution is -0.139. The van der Waals surface area contributed by atoms with E-state index in [-0.39, 0.29) is 54.0 Å². The number of likely N-dealkylation sites (N-methyl/N-ethyl adjacent to an activating group) is 1. The minimum Gasteiger partial charge on any atom is -0.393 e. The third kappa shape index (κ3) is 10.7. The standard InChI is InChI=1S/C31H54N4O5/c1-7-14-35(15-8-2)31(40)25-17-22(9-3)16-24(19-25)30(39)32-27(18-23-10-12-26(36)13-11-23)28(37)20-34(6)33-29(38)21(4)5/h3,21-28,36-37H,7-8,10-20H2,1-2,4-6H3,(H,32,39)(H,33,38). The van der Waals surface area contributed by atoms with Crippen LogP contribution in [0.4, 0.5) is 0 Å². The number of hydrogen-bond acceptors (Lipinski definition) is 6. The Morgan fingerprint density at radius 1 is 1.00 bits per heavy atom. The van der Waals surface area contributed by atoms with Crippen LogP contribution < -0.4 is 10.7 Å². The molecule has 0 aromatic carbocycles. The summed E-state index contributed by atoms with van der Waals surface area (Å²) in [5.41, 5.74) is 2.78. The Morgan fingerprint density at radius 3 is 2.15 bits per heavy atom. The van der Waals surface area contributed by atoms with Crippen LogP contribution in [0.15, 0.2) is 0 Å². The highest BCUT2D eigenvalue weighted by Gasteiger charge is 2.38. The van der Waals surface area contributed by atoms with Gasteiger partial charge in [0, 0.05) is 50.4 Å². The highest BCUT2D eigenvalue weighted by Crippen LogP contribution is 2.35. The topological polar surface area (TPSA) is 122 Å². The number of aliphatic hydroxyl groups excluding tert-OH is 2. The lowest BCUT2D eigenvalue weighted by Crippen LogP contribution is -2.54. The monoisotopic (exact) mass is 562 g/mol. The number of aliphatic hydroxyl groups is 2. The zero-order chi connectivity index (χ0) is 29.8. The number of rotatable bonds is 14. The van der Waals surface area contributed by atoms with Crippen molar-refractivity contribution in [3.05, 3.63) is 0 Å². The number of carbonyl (C=O) groups excluding carboxylic acids is 3. The van der Waals surface area contributed by atoms with Gasteiger partial charge < -0.3 is 20.4 Å². The van der Waals surface area contributed by atoms with Gasteiger partial charge in [0.2, 0.25) is 17.7 Å². The first-order valence-electron chi connectivity index (χ1n) is 15.4. The number of nitrogens with zero attached hydrogens (tertiary/aromatic N) is 2. The van der Waals surface area contributed by atoms with Gasteiger partial charge in [-0.05, 0) is 70.1 Å². The van der Waals surface area contributed by atoms with Crippen molar-refractivity contribution in [3.63, 3.8) is 0 Å². The summed E-state index contributed by atoms with van der Waals surface area (Å²) in [5.74, 6) is 1.80. The molecule has 3 amide bonds. The quantitative estimate of drug-likeness (QED) is 0.191. The van der Waals surface area contributed by atoms with Crippen LogP contribution in [0.5, 0.6) is 0 Å². The van der Waals surface area contributed by atoms with Crippen molar-refractivity contribution in [2.24, 2.45) is 29.6 Å². The van der Waals surface area contributed by atoms with E-state index < -0.39 is 18.1 Å². The zero-order valence-corrected chi connectivity index (χ0v) is 25.4. The molecule has 40 heavy (non-hydrogen) atoms. The lowest BCUT2D eigenvalue weighted by atomic mass is 9.74. The van der Waals surface area contributed by atoms with Crippen LogP contribution in [-0.4, -0.2) is 82.8 Å². The van der Waals surface area contributed by atoms with E-state index in [0.29, 0.717) is 51.6 Å². The van der Waals surface area contributed by atoms with Crippen molar-refractivity contribution in [3.8, 4) is 12.3 Å². The fourth-order valence-corrected chi connectivity index (χ4v) is 6.12. The van der Waals surface area contributed by atoms with Crippen LogP contribution in [0, 0.1) is 41.9 Å². The Hall–Kier alpha value is -2.15. The molecule has 0 radical (unpaired) electrons. The molecule has 0 aromatic rings. The van der Waals surface area contributed by atoms with Gasteiger partial charge in [0.15, 0.2) is 0 Å². The maximum atomic E-state index is 13.7. The second-order valence-electron chi connectivity index (χ2n) is 12.4. The Labute approximate surface area is 241 Å². The van der Waals surface area contributed by atoms with Crippen molar-refractivity contribution in [2.45, 2.75) is 110 Å². The summed E-state index contributed by atoms with van der Waals surface area (Å²) in [6.07, 6.45) is 11.6. The molecule has 9 heteroatoms. The van der Waals surface area contributed by atoms with E-state index in [2.05, 4.69) is 30.5 Å². The van der Waals surface area contributed by atoms with Crippen molar-refractivity contribution >= 4 is 17.7 Å². The van der Waals surface area contributed by atoms with E-state index in [4.69, 9.17) is 6.42 Å². The van der Waals surface area contributed by atoms with Gasteiger partial charge in [-0.15, -0.1) is 12.3 Å². The van der Waals surface area contributed by atoms with Crippen LogP contribution in [-0.2, 0) is 14.4 Å². The fraction of sp³-hybridized carbons (Fsp3) is 0.839. The molecule has 2 aliphatic rings. The normalized spacial score (nSPS) is 26.6. The minimum absolute atomic E-state index is 0.0846. The first kappa shape index (κ1) is 34.1. The molecule has 2 fully saturated rings. The number of carbonyl (C=O) groups is 3. The van der Waals surface area contributed by atoms with E-state index in [1.54, 1.807) is 25.9 Å². The van der Waals surface area contributed by atoms with Gasteiger partial charge in [0.05, 0.1) is 18.2 Å². The molecule has 2 rings (SSSR count). The summed E-state index contributed by atoms with van der Waals surface area (Å²) < 4.78 is 0. The smallest absolute Gasteiger partial charge is 0.236 e. The first-order valence-corrected chi connectivity index (χ1v) is 15.4. The van der Waals surface area contributed by atoms with Crippen LogP contribution in [0.2, 0.25) is 0 Å². The fourth-order valence-electron chi connectivity index (χ4n) is 6.12. The molecule has 0 heterocycles. The Morgan fingerprint density at radius 2 is 1.60 bits per heavy atom. The second-order valence-corrected chi connectivity index (χ2v) is 12.4. The highest BCUT2D eigenvalue weighted by atomic mass is 16.3. The molecular formula is C31H54N4O5. The molecule has 5 atom stereocenters. The van der Waals surface area contributed by atoms with Gasteiger partial charge in [0.1, 0.15) is 0 Å². The van der Waals surface area contributed by atoms with Crippen molar-refractivity contribution in [1.29, 1.82) is 0 Å². The minimum atomic E-state index is -0.915. The van der Waals surface area contributed by atoms with Crippen LogP contribution >= 0.6 is 0 Å². The largest absolute Gasteiger partial charge is 0.393 e. The maximum absolute atomic E-state index is 13.7. The van der Waals surface area contributed by atoms with Gasteiger partial charge in [-0.1, -0.05) is 27.7 Å². The van der Waals surface area contributed by atoms with Crippen LogP contribution in [0.1, 0.15) is 91.9 Å².